The van der Waals surface area contributed by atoms with Crippen molar-refractivity contribution < 1.29 is 24.2 Å². The van der Waals surface area contributed by atoms with Crippen molar-refractivity contribution in [3.05, 3.63) is 54.1 Å². The van der Waals surface area contributed by atoms with Crippen molar-refractivity contribution in [2.45, 2.75) is 30.3 Å². The number of carboxylic acid groups (broad SMARTS) is 1. The Kier molecular flexibility index (Phi) is 8.78. The van der Waals surface area contributed by atoms with Gasteiger partial charge in [0.15, 0.2) is 11.5 Å². The molecule has 2 aromatic rings. The molecular weight excluding hydrogens is 436 g/mol. The number of carboxylic acids is 1. The number of hydrogen-bond acceptors (Lipinski definition) is 6. The minimum absolute atomic E-state index is 0.0580. The lowest BCUT2D eigenvalue weighted by Gasteiger charge is -2.22. The van der Waals surface area contributed by atoms with Gasteiger partial charge in [-0.3, -0.25) is 4.79 Å². The van der Waals surface area contributed by atoms with Crippen LogP contribution in [0.2, 0.25) is 0 Å². The van der Waals surface area contributed by atoms with Crippen LogP contribution in [0.15, 0.2) is 53.4 Å². The van der Waals surface area contributed by atoms with Crippen LogP contribution in [-0.2, 0) is 4.79 Å². The van der Waals surface area contributed by atoms with Crippen LogP contribution in [0, 0.1) is 0 Å². The fourth-order valence-corrected chi connectivity index (χ4v) is 4.86. The highest BCUT2D eigenvalue weighted by molar-refractivity contribution is 8.00. The standard InChI is InChI=1S/C22H26N2O5S2/c1-2-30-12-16(13-31-17-6-4-3-5-7-17)23-22(27)24-18(11-21(25)26)15-8-9-19-20(10-15)29-14-28-19/h3-10,16,18H,2,11-14H2,1H3,(H,25,26)(H2,23,24,27). The molecule has 2 unspecified atom stereocenters. The maximum Gasteiger partial charge on any atom is 0.315 e. The largest absolute Gasteiger partial charge is 0.481 e. The molecule has 3 rings (SSSR count). The highest BCUT2D eigenvalue weighted by atomic mass is 32.2. The zero-order valence-corrected chi connectivity index (χ0v) is 18.8. The third-order valence-electron chi connectivity index (χ3n) is 4.54. The molecule has 0 spiro atoms. The van der Waals surface area contributed by atoms with Crippen LogP contribution in [0.5, 0.6) is 11.5 Å². The normalized spacial score (nSPS) is 14.0. The molecule has 1 aliphatic heterocycles. The molecule has 0 aliphatic carbocycles. The molecule has 166 valence electrons. The van der Waals surface area contributed by atoms with Gasteiger partial charge in [-0.15, -0.1) is 11.8 Å². The fraction of sp³-hybridized carbons (Fsp3) is 0.364. The number of thioether (sulfide) groups is 2. The lowest BCUT2D eigenvalue weighted by Crippen LogP contribution is -2.46. The van der Waals surface area contributed by atoms with Crippen LogP contribution in [0.4, 0.5) is 4.79 Å². The van der Waals surface area contributed by atoms with Crippen LogP contribution >= 0.6 is 23.5 Å². The van der Waals surface area contributed by atoms with E-state index in [-0.39, 0.29) is 25.3 Å². The second-order valence-corrected chi connectivity index (χ2v) is 9.27. The average molecular weight is 463 g/mol. The minimum Gasteiger partial charge on any atom is -0.481 e. The molecule has 1 heterocycles. The third kappa shape index (κ3) is 7.29. The van der Waals surface area contributed by atoms with Gasteiger partial charge in [0.1, 0.15) is 0 Å². The van der Waals surface area contributed by atoms with Crippen molar-refractivity contribution in [2.75, 3.05) is 24.1 Å². The smallest absolute Gasteiger partial charge is 0.315 e. The Hall–Kier alpha value is -2.52. The van der Waals surface area contributed by atoms with Crippen molar-refractivity contribution >= 4 is 35.5 Å². The Morgan fingerprint density at radius 3 is 2.58 bits per heavy atom. The Labute approximate surface area is 190 Å². The molecule has 1 aliphatic rings. The van der Waals surface area contributed by atoms with Gasteiger partial charge in [0.05, 0.1) is 12.5 Å². The van der Waals surface area contributed by atoms with E-state index in [0.29, 0.717) is 17.1 Å². The Morgan fingerprint density at radius 1 is 1.06 bits per heavy atom. The summed E-state index contributed by atoms with van der Waals surface area (Å²) in [4.78, 5) is 25.3. The predicted octanol–water partition coefficient (Wildman–Crippen LogP) is 4.14. The van der Waals surface area contributed by atoms with Gasteiger partial charge in [0.25, 0.3) is 0 Å². The van der Waals surface area contributed by atoms with E-state index in [4.69, 9.17) is 9.47 Å². The number of fused-ring (bicyclic) bond motifs is 1. The average Bonchev–Trinajstić information content (AvgIpc) is 3.23. The fourth-order valence-electron chi connectivity index (χ4n) is 3.05. The summed E-state index contributed by atoms with van der Waals surface area (Å²) in [5.41, 5.74) is 0.653. The molecule has 3 N–H and O–H groups in total. The van der Waals surface area contributed by atoms with Gasteiger partial charge in [-0.25, -0.2) is 4.79 Å². The maximum absolute atomic E-state index is 12.7. The number of benzene rings is 2. The highest BCUT2D eigenvalue weighted by Gasteiger charge is 2.23. The summed E-state index contributed by atoms with van der Waals surface area (Å²) in [5.74, 6) is 2.61. The summed E-state index contributed by atoms with van der Waals surface area (Å²) >= 11 is 3.43. The number of urea groups is 1. The molecule has 7 nitrogen and oxygen atoms in total. The first-order valence-electron chi connectivity index (χ1n) is 9.99. The van der Waals surface area contributed by atoms with E-state index < -0.39 is 12.0 Å². The molecular formula is C22H26N2O5S2. The highest BCUT2D eigenvalue weighted by Crippen LogP contribution is 2.34. The molecule has 0 bridgehead atoms. The molecule has 0 aromatic heterocycles. The van der Waals surface area contributed by atoms with Crippen molar-refractivity contribution in [3.8, 4) is 11.5 Å². The molecule has 2 aromatic carbocycles. The predicted molar refractivity (Wildman–Crippen MR) is 123 cm³/mol. The third-order valence-corrected chi connectivity index (χ3v) is 6.76. The number of carbonyl (C=O) groups is 2. The number of nitrogens with one attached hydrogen (secondary N) is 2. The summed E-state index contributed by atoms with van der Waals surface area (Å²) in [5, 5.41) is 15.1. The topological polar surface area (TPSA) is 96.9 Å². The van der Waals surface area contributed by atoms with E-state index in [1.165, 1.54) is 0 Å². The summed E-state index contributed by atoms with van der Waals surface area (Å²) in [7, 11) is 0. The monoisotopic (exact) mass is 462 g/mol. The summed E-state index contributed by atoms with van der Waals surface area (Å²) in [6.45, 7) is 2.21. The molecule has 0 fully saturated rings. The molecule has 0 radical (unpaired) electrons. The molecule has 31 heavy (non-hydrogen) atoms. The summed E-state index contributed by atoms with van der Waals surface area (Å²) < 4.78 is 10.7. The molecule has 2 atom stereocenters. The van der Waals surface area contributed by atoms with Crippen molar-refractivity contribution in [2.24, 2.45) is 0 Å². The summed E-state index contributed by atoms with van der Waals surface area (Å²) in [6.07, 6.45) is -0.236. The van der Waals surface area contributed by atoms with E-state index in [2.05, 4.69) is 17.6 Å². The van der Waals surface area contributed by atoms with Crippen LogP contribution in [0.1, 0.15) is 24.9 Å². The second kappa shape index (κ2) is 11.8. The first-order valence-corrected chi connectivity index (χ1v) is 12.1. The molecule has 2 amide bonds. The number of ether oxygens (including phenoxy) is 2. The van der Waals surface area contributed by atoms with Crippen LogP contribution in [0.3, 0.4) is 0 Å². The van der Waals surface area contributed by atoms with E-state index in [1.54, 1.807) is 41.7 Å². The van der Waals surface area contributed by atoms with Gasteiger partial charge in [-0.2, -0.15) is 11.8 Å². The van der Waals surface area contributed by atoms with Gasteiger partial charge in [0, 0.05) is 22.4 Å². The van der Waals surface area contributed by atoms with Crippen molar-refractivity contribution in [1.29, 1.82) is 0 Å². The zero-order chi connectivity index (χ0) is 22.1. The SMILES string of the molecule is CCSCC(CSc1ccccc1)NC(=O)NC(CC(=O)O)c1ccc2c(c1)OCO2. The number of aliphatic carboxylic acids is 1. The van der Waals surface area contributed by atoms with Crippen molar-refractivity contribution in [3.63, 3.8) is 0 Å². The zero-order valence-electron chi connectivity index (χ0n) is 17.2. The first-order chi connectivity index (χ1) is 15.0. The number of amides is 2. The van der Waals surface area contributed by atoms with E-state index in [1.807, 2.05) is 30.3 Å². The van der Waals surface area contributed by atoms with E-state index in [0.717, 1.165) is 22.2 Å². The quantitative estimate of drug-likeness (QED) is 0.432. The minimum atomic E-state index is -0.999. The molecule has 0 saturated carbocycles. The van der Waals surface area contributed by atoms with E-state index in [9.17, 15) is 14.7 Å². The van der Waals surface area contributed by atoms with E-state index >= 15 is 0 Å². The van der Waals surface area contributed by atoms with Gasteiger partial charge < -0.3 is 25.2 Å². The summed E-state index contributed by atoms with van der Waals surface area (Å²) in [6, 6.07) is 14.1. The number of carbonyl (C=O) groups excluding carboxylic acids is 1. The van der Waals surface area contributed by atoms with Gasteiger partial charge in [-0.05, 0) is 35.6 Å². The van der Waals surface area contributed by atoms with Gasteiger partial charge in [-0.1, -0.05) is 31.2 Å². The first kappa shape index (κ1) is 23.1. The van der Waals surface area contributed by atoms with Crippen LogP contribution < -0.4 is 20.1 Å². The second-order valence-electron chi connectivity index (χ2n) is 6.86. The Balaban J connectivity index is 1.63. The Bertz CT molecular complexity index is 881. The maximum atomic E-state index is 12.7. The van der Waals surface area contributed by atoms with Crippen molar-refractivity contribution in [1.82, 2.24) is 10.6 Å². The number of rotatable bonds is 11. The number of hydrogen-bond donors (Lipinski definition) is 3. The Morgan fingerprint density at radius 2 is 1.84 bits per heavy atom. The molecule has 9 heteroatoms. The molecule has 0 saturated heterocycles. The lowest BCUT2D eigenvalue weighted by molar-refractivity contribution is -0.137. The van der Waals surface area contributed by atoms with Gasteiger partial charge >= 0.3 is 12.0 Å². The lowest BCUT2D eigenvalue weighted by atomic mass is 10.0. The van der Waals surface area contributed by atoms with Crippen LogP contribution in [-0.4, -0.2) is 47.2 Å². The van der Waals surface area contributed by atoms with Gasteiger partial charge in [0.2, 0.25) is 6.79 Å². The van der Waals surface area contributed by atoms with Crippen LogP contribution in [0.25, 0.3) is 0 Å².